The Morgan fingerprint density at radius 3 is 2.50 bits per heavy atom. The fourth-order valence-corrected chi connectivity index (χ4v) is 2.06. The van der Waals surface area contributed by atoms with Gasteiger partial charge in [-0.3, -0.25) is 9.59 Å². The molecule has 0 atom stereocenters. The van der Waals surface area contributed by atoms with E-state index in [4.69, 9.17) is 4.74 Å². The van der Waals surface area contributed by atoms with E-state index in [1.54, 1.807) is 42.5 Å². The average Bonchev–Trinajstić information content (AvgIpc) is 2.59. The second kappa shape index (κ2) is 7.92. The summed E-state index contributed by atoms with van der Waals surface area (Å²) < 4.78 is 10.00. The molecule has 0 unspecified atom stereocenters. The molecule has 24 heavy (non-hydrogen) atoms. The van der Waals surface area contributed by atoms with E-state index in [9.17, 15) is 14.4 Å². The number of benzene rings is 2. The van der Waals surface area contributed by atoms with E-state index in [-0.39, 0.29) is 12.4 Å². The molecule has 2 aromatic carbocycles. The van der Waals surface area contributed by atoms with E-state index in [0.717, 1.165) is 0 Å². The van der Waals surface area contributed by atoms with Crippen LogP contribution in [0, 0.1) is 0 Å². The molecule has 124 valence electrons. The van der Waals surface area contributed by atoms with Gasteiger partial charge in [0.15, 0.2) is 12.4 Å². The van der Waals surface area contributed by atoms with Crippen molar-refractivity contribution < 1.29 is 23.9 Å². The number of Topliss-reactive ketones (excluding diaryl/α,β-unsaturated/α-hetero) is 1. The molecule has 0 aromatic heterocycles. The highest BCUT2D eigenvalue weighted by Gasteiger charge is 2.11. The number of hydrogen-bond acceptors (Lipinski definition) is 5. The Labute approximate surface area is 139 Å². The third-order valence-electron chi connectivity index (χ3n) is 3.21. The third-order valence-corrected chi connectivity index (χ3v) is 3.21. The predicted molar refractivity (Wildman–Crippen MR) is 88.4 cm³/mol. The van der Waals surface area contributed by atoms with Gasteiger partial charge in [-0.1, -0.05) is 18.2 Å². The van der Waals surface area contributed by atoms with Crippen LogP contribution in [0.3, 0.4) is 0 Å². The molecule has 0 spiro atoms. The van der Waals surface area contributed by atoms with Gasteiger partial charge in [-0.15, -0.1) is 0 Å². The second-order valence-electron chi connectivity index (χ2n) is 4.96. The Bertz CT molecular complexity index is 770. The molecule has 0 saturated heterocycles. The summed E-state index contributed by atoms with van der Waals surface area (Å²) in [6, 6.07) is 13.1. The zero-order valence-electron chi connectivity index (χ0n) is 13.4. The van der Waals surface area contributed by atoms with Crippen molar-refractivity contribution in [1.82, 2.24) is 0 Å². The van der Waals surface area contributed by atoms with Crippen LogP contribution in [0.1, 0.15) is 27.6 Å². The fourth-order valence-electron chi connectivity index (χ4n) is 2.06. The Balaban J connectivity index is 1.99. The van der Waals surface area contributed by atoms with Crippen molar-refractivity contribution in [2.24, 2.45) is 0 Å². The number of methoxy groups -OCH3 is 1. The quantitative estimate of drug-likeness (QED) is 0.651. The Kier molecular flexibility index (Phi) is 5.68. The summed E-state index contributed by atoms with van der Waals surface area (Å²) in [6.45, 7) is 1.18. The summed E-state index contributed by atoms with van der Waals surface area (Å²) in [5, 5.41) is 2.63. The van der Waals surface area contributed by atoms with Crippen LogP contribution in [0.4, 0.5) is 5.69 Å². The van der Waals surface area contributed by atoms with Crippen LogP contribution in [-0.2, 0) is 9.53 Å². The molecule has 2 aromatic rings. The van der Waals surface area contributed by atoms with Crippen molar-refractivity contribution in [3.05, 3.63) is 59.7 Å². The van der Waals surface area contributed by atoms with Gasteiger partial charge in [0.1, 0.15) is 5.75 Å². The number of anilines is 1. The summed E-state index contributed by atoms with van der Waals surface area (Å²) in [5.41, 5.74) is 1.19. The summed E-state index contributed by atoms with van der Waals surface area (Å²) in [5.74, 6) is -0.669. The first kappa shape index (κ1) is 17.2. The van der Waals surface area contributed by atoms with Crippen molar-refractivity contribution in [1.29, 1.82) is 0 Å². The molecule has 1 N–H and O–H groups in total. The van der Waals surface area contributed by atoms with E-state index in [1.165, 1.54) is 20.1 Å². The summed E-state index contributed by atoms with van der Waals surface area (Å²) >= 11 is 0. The minimum absolute atomic E-state index is 0.141. The lowest BCUT2D eigenvalue weighted by Gasteiger charge is -2.10. The van der Waals surface area contributed by atoms with Crippen LogP contribution in [-0.4, -0.2) is 31.4 Å². The SMILES string of the molecule is COC(=O)c1cccc(OCC(=O)Nc2ccccc2C(C)=O)c1. The van der Waals surface area contributed by atoms with Gasteiger partial charge in [0.2, 0.25) is 0 Å². The molecular formula is C18H17NO5. The van der Waals surface area contributed by atoms with Crippen molar-refractivity contribution in [2.75, 3.05) is 19.0 Å². The summed E-state index contributed by atoms with van der Waals surface area (Å²) in [6.07, 6.45) is 0. The molecule has 0 saturated carbocycles. The first-order valence-corrected chi connectivity index (χ1v) is 7.22. The number of amides is 1. The smallest absolute Gasteiger partial charge is 0.337 e. The van der Waals surface area contributed by atoms with E-state index in [1.807, 2.05) is 0 Å². The highest BCUT2D eigenvalue weighted by Crippen LogP contribution is 2.16. The van der Waals surface area contributed by atoms with E-state index >= 15 is 0 Å². The van der Waals surface area contributed by atoms with Gasteiger partial charge >= 0.3 is 5.97 Å². The van der Waals surface area contributed by atoms with Gasteiger partial charge in [0.25, 0.3) is 5.91 Å². The minimum atomic E-state index is -0.486. The van der Waals surface area contributed by atoms with Crippen molar-refractivity contribution in [3.63, 3.8) is 0 Å². The standard InChI is InChI=1S/C18H17NO5/c1-12(20)15-8-3-4-9-16(15)19-17(21)11-24-14-7-5-6-13(10-14)18(22)23-2/h3-10H,11H2,1-2H3,(H,19,21). The Hall–Kier alpha value is -3.15. The van der Waals surface area contributed by atoms with Crippen LogP contribution in [0.15, 0.2) is 48.5 Å². The van der Waals surface area contributed by atoms with Crippen LogP contribution < -0.4 is 10.1 Å². The maximum Gasteiger partial charge on any atom is 0.337 e. The second-order valence-corrected chi connectivity index (χ2v) is 4.96. The highest BCUT2D eigenvalue weighted by atomic mass is 16.5. The number of para-hydroxylation sites is 1. The zero-order valence-corrected chi connectivity index (χ0v) is 13.4. The van der Waals surface area contributed by atoms with E-state index in [2.05, 4.69) is 10.1 Å². The third kappa shape index (κ3) is 4.42. The lowest BCUT2D eigenvalue weighted by Crippen LogP contribution is -2.21. The number of ether oxygens (including phenoxy) is 2. The van der Waals surface area contributed by atoms with Crippen molar-refractivity contribution >= 4 is 23.3 Å². The van der Waals surface area contributed by atoms with Crippen LogP contribution >= 0.6 is 0 Å². The lowest BCUT2D eigenvalue weighted by atomic mass is 10.1. The summed E-state index contributed by atoms with van der Waals surface area (Å²) in [4.78, 5) is 35.0. The maximum absolute atomic E-state index is 12.0. The normalized spacial score (nSPS) is 9.92. The molecule has 0 bridgehead atoms. The molecule has 0 fully saturated rings. The number of rotatable bonds is 6. The van der Waals surface area contributed by atoms with Crippen LogP contribution in [0.2, 0.25) is 0 Å². The molecule has 6 heteroatoms. The monoisotopic (exact) mass is 327 g/mol. The molecule has 6 nitrogen and oxygen atoms in total. The van der Waals surface area contributed by atoms with Gasteiger partial charge in [0.05, 0.1) is 18.4 Å². The van der Waals surface area contributed by atoms with Gasteiger partial charge in [-0.2, -0.15) is 0 Å². The van der Waals surface area contributed by atoms with Gasteiger partial charge in [-0.25, -0.2) is 4.79 Å². The van der Waals surface area contributed by atoms with E-state index < -0.39 is 11.9 Å². The number of carbonyl (C=O) groups excluding carboxylic acids is 3. The lowest BCUT2D eigenvalue weighted by molar-refractivity contribution is -0.118. The average molecular weight is 327 g/mol. The molecular weight excluding hydrogens is 310 g/mol. The highest BCUT2D eigenvalue weighted by molar-refractivity contribution is 6.03. The number of nitrogens with one attached hydrogen (secondary N) is 1. The summed E-state index contributed by atoms with van der Waals surface area (Å²) in [7, 11) is 1.29. The molecule has 0 aliphatic heterocycles. The Morgan fingerprint density at radius 2 is 1.79 bits per heavy atom. The number of hydrogen-bond donors (Lipinski definition) is 1. The first-order valence-electron chi connectivity index (χ1n) is 7.22. The molecule has 0 heterocycles. The Morgan fingerprint density at radius 1 is 1.04 bits per heavy atom. The van der Waals surface area contributed by atoms with Crippen LogP contribution in [0.5, 0.6) is 5.75 Å². The maximum atomic E-state index is 12.0. The van der Waals surface area contributed by atoms with Crippen LogP contribution in [0.25, 0.3) is 0 Å². The molecule has 0 aliphatic rings. The molecule has 1 amide bonds. The number of esters is 1. The predicted octanol–water partition coefficient (Wildman–Crippen LogP) is 2.69. The van der Waals surface area contributed by atoms with Gasteiger partial charge in [0, 0.05) is 5.56 Å². The number of ketones is 1. The van der Waals surface area contributed by atoms with Gasteiger partial charge in [-0.05, 0) is 37.3 Å². The molecule has 0 aliphatic carbocycles. The first-order chi connectivity index (χ1) is 11.5. The fraction of sp³-hybridized carbons (Fsp3) is 0.167. The molecule has 2 rings (SSSR count). The van der Waals surface area contributed by atoms with Crippen molar-refractivity contribution in [2.45, 2.75) is 6.92 Å². The molecule has 0 radical (unpaired) electrons. The van der Waals surface area contributed by atoms with E-state index in [0.29, 0.717) is 22.6 Å². The minimum Gasteiger partial charge on any atom is -0.484 e. The van der Waals surface area contributed by atoms with Gasteiger partial charge < -0.3 is 14.8 Å². The number of carbonyl (C=O) groups is 3. The zero-order chi connectivity index (χ0) is 17.5. The van der Waals surface area contributed by atoms with Crippen molar-refractivity contribution in [3.8, 4) is 5.75 Å². The topological polar surface area (TPSA) is 81.7 Å². The largest absolute Gasteiger partial charge is 0.484 e.